The topological polar surface area (TPSA) is 134 Å². The second-order valence-electron chi connectivity index (χ2n) is 7.34. The van der Waals surface area contributed by atoms with Gasteiger partial charge in [0.2, 0.25) is 11.8 Å². The van der Waals surface area contributed by atoms with Gasteiger partial charge in [-0.1, -0.05) is 6.07 Å². The highest BCUT2D eigenvalue weighted by molar-refractivity contribution is 5.95. The highest BCUT2D eigenvalue weighted by Crippen LogP contribution is 2.26. The van der Waals surface area contributed by atoms with Crippen LogP contribution in [0.15, 0.2) is 88.5 Å². The van der Waals surface area contributed by atoms with Crippen molar-refractivity contribution in [1.82, 2.24) is 20.6 Å². The molecule has 9 nitrogen and oxygen atoms in total. The largest absolute Gasteiger partial charge is 0.508 e. The zero-order valence-electron chi connectivity index (χ0n) is 17.6. The molecule has 0 aliphatic heterocycles. The lowest BCUT2D eigenvalue weighted by Crippen LogP contribution is -2.17. The molecule has 0 bridgehead atoms. The summed E-state index contributed by atoms with van der Waals surface area (Å²) in [4.78, 5) is 16.6. The summed E-state index contributed by atoms with van der Waals surface area (Å²) in [7, 11) is 0. The van der Waals surface area contributed by atoms with Crippen molar-refractivity contribution in [3.8, 4) is 34.4 Å². The number of amides is 1. The van der Waals surface area contributed by atoms with E-state index in [0.717, 1.165) is 16.5 Å². The fourth-order valence-corrected chi connectivity index (χ4v) is 3.30. The van der Waals surface area contributed by atoms with Crippen LogP contribution in [0.25, 0.3) is 33.8 Å². The first-order chi connectivity index (χ1) is 16.6. The van der Waals surface area contributed by atoms with E-state index in [0.29, 0.717) is 22.9 Å². The predicted molar refractivity (Wildman–Crippen MR) is 125 cm³/mol. The predicted octanol–water partition coefficient (Wildman–Crippen LogP) is 4.13. The fraction of sp³-hybridized carbons (Fsp3) is 0. The molecule has 0 aliphatic rings. The molecule has 0 unspecified atom stereocenters. The third-order valence-electron chi connectivity index (χ3n) is 5.05. The minimum atomic E-state index is -0.446. The van der Waals surface area contributed by atoms with Crippen LogP contribution in [-0.2, 0) is 0 Å². The Bertz CT molecular complexity index is 1530. The first kappa shape index (κ1) is 20.8. The molecule has 0 atom stereocenters. The summed E-state index contributed by atoms with van der Waals surface area (Å²) in [6.45, 7) is 0. The first-order valence-corrected chi connectivity index (χ1v) is 10.2. The number of hydrazone groups is 1. The number of hydrogen-bond donors (Lipinski definition) is 3. The normalized spacial score (nSPS) is 11.2. The summed E-state index contributed by atoms with van der Waals surface area (Å²) in [5.41, 5.74) is 5.33. The van der Waals surface area contributed by atoms with Crippen molar-refractivity contribution in [2.45, 2.75) is 0 Å². The molecule has 5 rings (SSSR count). The Kier molecular flexibility index (Phi) is 5.41. The zero-order valence-corrected chi connectivity index (χ0v) is 17.6. The van der Waals surface area contributed by atoms with Crippen LogP contribution in [0.3, 0.4) is 0 Å². The van der Waals surface area contributed by atoms with Gasteiger partial charge in [-0.3, -0.25) is 9.78 Å². The molecular weight excluding hydrogens is 434 g/mol. The summed E-state index contributed by atoms with van der Waals surface area (Å²) < 4.78 is 5.83. The molecule has 0 radical (unpaired) electrons. The highest BCUT2D eigenvalue weighted by Gasteiger charge is 2.12. The number of carbonyl (C=O) groups is 1. The maximum absolute atomic E-state index is 12.3. The van der Waals surface area contributed by atoms with Crippen LogP contribution in [0.4, 0.5) is 0 Å². The van der Waals surface area contributed by atoms with Gasteiger partial charge in [0, 0.05) is 33.8 Å². The number of hydrogen-bond acceptors (Lipinski definition) is 8. The van der Waals surface area contributed by atoms with E-state index in [1.54, 1.807) is 30.5 Å². The number of rotatable bonds is 5. The standard InChI is InChI=1S/C25H17N5O4/c31-20-8-10-22(32)19(13-20)14-27-28-23(33)15-3-5-16(6-4-15)24-29-30-25(34-24)18-7-9-21-17(12-18)2-1-11-26-21/h1-14,31-32H,(H,28,33)/b27-14+. The van der Waals surface area contributed by atoms with Crippen LogP contribution in [0.5, 0.6) is 11.5 Å². The van der Waals surface area contributed by atoms with Crippen molar-refractivity contribution in [1.29, 1.82) is 0 Å². The lowest BCUT2D eigenvalue weighted by Gasteiger charge is -2.02. The quantitative estimate of drug-likeness (QED) is 0.208. The minimum Gasteiger partial charge on any atom is -0.508 e. The van der Waals surface area contributed by atoms with Crippen LogP contribution in [0.1, 0.15) is 15.9 Å². The Hall–Kier alpha value is -5.05. The number of benzene rings is 3. The number of nitrogens with one attached hydrogen (secondary N) is 1. The number of nitrogens with zero attached hydrogens (tertiary/aromatic N) is 4. The Morgan fingerprint density at radius 1 is 0.912 bits per heavy atom. The molecule has 0 saturated carbocycles. The summed E-state index contributed by atoms with van der Waals surface area (Å²) in [6, 6.07) is 20.1. The van der Waals surface area contributed by atoms with E-state index in [-0.39, 0.29) is 17.1 Å². The van der Waals surface area contributed by atoms with E-state index in [1.807, 2.05) is 30.3 Å². The van der Waals surface area contributed by atoms with Crippen LogP contribution < -0.4 is 5.43 Å². The Balaban J connectivity index is 1.28. The van der Waals surface area contributed by atoms with E-state index in [1.165, 1.54) is 24.4 Å². The van der Waals surface area contributed by atoms with Gasteiger partial charge in [-0.05, 0) is 66.7 Å². The van der Waals surface area contributed by atoms with Crippen LogP contribution in [0, 0.1) is 0 Å². The summed E-state index contributed by atoms with van der Waals surface area (Å²) >= 11 is 0. The lowest BCUT2D eigenvalue weighted by atomic mass is 10.1. The molecule has 2 heterocycles. The van der Waals surface area contributed by atoms with Gasteiger partial charge in [-0.25, -0.2) is 5.43 Å². The van der Waals surface area contributed by atoms with E-state index in [4.69, 9.17) is 4.42 Å². The second kappa shape index (κ2) is 8.83. The second-order valence-corrected chi connectivity index (χ2v) is 7.34. The lowest BCUT2D eigenvalue weighted by molar-refractivity contribution is 0.0955. The summed E-state index contributed by atoms with van der Waals surface area (Å²) in [5, 5.41) is 32.3. The van der Waals surface area contributed by atoms with Crippen molar-refractivity contribution < 1.29 is 19.4 Å². The van der Waals surface area contributed by atoms with Crippen LogP contribution >= 0.6 is 0 Å². The zero-order chi connectivity index (χ0) is 23.5. The third-order valence-corrected chi connectivity index (χ3v) is 5.05. The van der Waals surface area contributed by atoms with Crippen molar-refractivity contribution in [3.63, 3.8) is 0 Å². The van der Waals surface area contributed by atoms with Gasteiger partial charge in [0.05, 0.1) is 11.7 Å². The monoisotopic (exact) mass is 451 g/mol. The Morgan fingerprint density at radius 2 is 1.68 bits per heavy atom. The first-order valence-electron chi connectivity index (χ1n) is 10.2. The van der Waals surface area contributed by atoms with Gasteiger partial charge < -0.3 is 14.6 Å². The molecule has 9 heteroatoms. The van der Waals surface area contributed by atoms with Crippen molar-refractivity contribution in [2.75, 3.05) is 0 Å². The number of aromatic nitrogens is 3. The molecule has 0 aliphatic carbocycles. The molecule has 0 fully saturated rings. The van der Waals surface area contributed by atoms with Gasteiger partial charge >= 0.3 is 0 Å². The van der Waals surface area contributed by atoms with Gasteiger partial charge in [0.25, 0.3) is 5.91 Å². The average molecular weight is 451 g/mol. The number of carbonyl (C=O) groups excluding carboxylic acids is 1. The molecule has 0 spiro atoms. The Labute approximate surface area is 193 Å². The summed E-state index contributed by atoms with van der Waals surface area (Å²) in [5.74, 6) is 0.165. The van der Waals surface area contributed by atoms with Crippen LogP contribution in [-0.4, -0.2) is 37.5 Å². The van der Waals surface area contributed by atoms with Crippen LogP contribution in [0.2, 0.25) is 0 Å². The SMILES string of the molecule is O=C(N/N=C/c1cc(O)ccc1O)c1ccc(-c2nnc(-c3ccc4ncccc4c3)o2)cc1. The number of phenols is 2. The number of phenolic OH excluding ortho intramolecular Hbond substituents is 2. The Morgan fingerprint density at radius 3 is 2.50 bits per heavy atom. The molecule has 1 amide bonds. The van der Waals surface area contributed by atoms with Gasteiger partial charge in [0.15, 0.2) is 0 Å². The van der Waals surface area contributed by atoms with Gasteiger partial charge in [-0.15, -0.1) is 10.2 Å². The number of pyridine rings is 1. The minimum absolute atomic E-state index is 0.0250. The smallest absolute Gasteiger partial charge is 0.271 e. The number of fused-ring (bicyclic) bond motifs is 1. The molecule has 0 saturated heterocycles. The maximum Gasteiger partial charge on any atom is 0.271 e. The van der Waals surface area contributed by atoms with Crippen molar-refractivity contribution in [3.05, 3.63) is 90.1 Å². The van der Waals surface area contributed by atoms with E-state index >= 15 is 0 Å². The average Bonchev–Trinajstić information content (AvgIpc) is 3.36. The van der Waals surface area contributed by atoms with Crippen molar-refractivity contribution in [2.24, 2.45) is 5.10 Å². The molecular formula is C25H17N5O4. The molecule has 166 valence electrons. The summed E-state index contributed by atoms with van der Waals surface area (Å²) in [6.07, 6.45) is 2.98. The molecule has 34 heavy (non-hydrogen) atoms. The maximum atomic E-state index is 12.3. The molecule has 2 aromatic heterocycles. The van der Waals surface area contributed by atoms with E-state index in [9.17, 15) is 15.0 Å². The van der Waals surface area contributed by atoms with Gasteiger partial charge in [-0.2, -0.15) is 5.10 Å². The van der Waals surface area contributed by atoms with E-state index in [2.05, 4.69) is 25.7 Å². The van der Waals surface area contributed by atoms with E-state index < -0.39 is 5.91 Å². The fourth-order valence-electron chi connectivity index (χ4n) is 3.30. The molecule has 3 aromatic carbocycles. The molecule has 5 aromatic rings. The molecule has 3 N–H and O–H groups in total. The van der Waals surface area contributed by atoms with Gasteiger partial charge in [0.1, 0.15) is 11.5 Å². The van der Waals surface area contributed by atoms with Crippen molar-refractivity contribution >= 4 is 23.0 Å². The number of aromatic hydroxyl groups is 2. The highest BCUT2D eigenvalue weighted by atomic mass is 16.4. The third kappa shape index (κ3) is 4.30.